The third-order valence-corrected chi connectivity index (χ3v) is 1.95. The largest absolute Gasteiger partial charge is 0.403 e. The molecule has 0 unspecified atom stereocenters. The third kappa shape index (κ3) is 2.72. The molecule has 0 aliphatic rings. The van der Waals surface area contributed by atoms with Crippen LogP contribution in [-0.2, 0) is 0 Å². The molecule has 62 valence electrons. The van der Waals surface area contributed by atoms with Gasteiger partial charge in [-0.05, 0) is 6.92 Å². The second-order valence-corrected chi connectivity index (χ2v) is 2.44. The van der Waals surface area contributed by atoms with Gasteiger partial charge >= 0.3 is 0 Å². The number of thiazole rings is 1. The van der Waals surface area contributed by atoms with E-state index in [-0.39, 0.29) is 0 Å². The SMILES string of the molecule is C/C=c1/scn/c1=C/N.CC. The first-order chi connectivity index (χ1) is 5.38. The van der Waals surface area contributed by atoms with Crippen molar-refractivity contribution in [1.29, 1.82) is 0 Å². The van der Waals surface area contributed by atoms with Crippen LogP contribution < -0.4 is 15.6 Å². The molecule has 0 amide bonds. The molecule has 0 radical (unpaired) electrons. The zero-order valence-electron chi connectivity index (χ0n) is 7.16. The van der Waals surface area contributed by atoms with Gasteiger partial charge in [0.05, 0.1) is 15.4 Å². The average Bonchev–Trinajstić information content (AvgIpc) is 2.54. The fraction of sp³-hybridized carbons (Fsp3) is 0.375. The summed E-state index contributed by atoms with van der Waals surface area (Å²) in [5.41, 5.74) is 7.06. The maximum atomic E-state index is 5.27. The van der Waals surface area contributed by atoms with Gasteiger partial charge in [-0.25, -0.2) is 4.98 Å². The molecule has 1 aromatic rings. The number of hydrogen-bond donors (Lipinski definition) is 1. The van der Waals surface area contributed by atoms with E-state index in [4.69, 9.17) is 5.73 Å². The van der Waals surface area contributed by atoms with Crippen molar-refractivity contribution in [1.82, 2.24) is 4.98 Å². The zero-order valence-corrected chi connectivity index (χ0v) is 7.98. The van der Waals surface area contributed by atoms with E-state index in [1.54, 1.807) is 16.8 Å². The highest BCUT2D eigenvalue weighted by Gasteiger charge is 1.81. The Morgan fingerprint density at radius 1 is 1.55 bits per heavy atom. The summed E-state index contributed by atoms with van der Waals surface area (Å²) in [4.78, 5) is 4.01. The van der Waals surface area contributed by atoms with Crippen LogP contribution in [0.1, 0.15) is 20.8 Å². The summed E-state index contributed by atoms with van der Waals surface area (Å²) >= 11 is 1.60. The second-order valence-electron chi connectivity index (χ2n) is 1.56. The summed E-state index contributed by atoms with van der Waals surface area (Å²) in [6, 6.07) is 0. The molecule has 2 N–H and O–H groups in total. The van der Waals surface area contributed by atoms with Crippen molar-refractivity contribution < 1.29 is 0 Å². The summed E-state index contributed by atoms with van der Waals surface area (Å²) < 4.78 is 1.14. The standard InChI is InChI=1S/C6H8N2S.C2H6/c1-2-6-5(3-7)8-4-9-6;1-2/h2-4H,7H2,1H3;1-2H3/b5-3+,6-2+;. The third-order valence-electron chi connectivity index (χ3n) is 1.04. The topological polar surface area (TPSA) is 38.9 Å². The minimum absolute atomic E-state index is 0.877. The highest BCUT2D eigenvalue weighted by molar-refractivity contribution is 7.07. The van der Waals surface area contributed by atoms with E-state index in [1.165, 1.54) is 6.20 Å². The molecular formula is C8H14N2S. The van der Waals surface area contributed by atoms with Crippen LogP contribution in [0.25, 0.3) is 12.3 Å². The number of hydrogen-bond acceptors (Lipinski definition) is 3. The molecule has 0 bridgehead atoms. The highest BCUT2D eigenvalue weighted by Crippen LogP contribution is 1.73. The molecule has 2 nitrogen and oxygen atoms in total. The van der Waals surface area contributed by atoms with Crippen LogP contribution in [0.2, 0.25) is 0 Å². The average molecular weight is 170 g/mol. The predicted octanol–water partition coefficient (Wildman–Crippen LogP) is 0.666. The summed E-state index contributed by atoms with van der Waals surface area (Å²) in [5, 5.41) is 0.877. The summed E-state index contributed by atoms with van der Waals surface area (Å²) in [5.74, 6) is 0. The molecule has 0 fully saturated rings. The summed E-state index contributed by atoms with van der Waals surface area (Å²) in [6.45, 7) is 5.97. The maximum absolute atomic E-state index is 5.27. The molecule has 0 spiro atoms. The number of nitrogens with two attached hydrogens (primary N) is 1. The van der Waals surface area contributed by atoms with Crippen molar-refractivity contribution in [2.75, 3.05) is 0 Å². The van der Waals surface area contributed by atoms with E-state index in [9.17, 15) is 0 Å². The lowest BCUT2D eigenvalue weighted by molar-refractivity contribution is 1.30. The van der Waals surface area contributed by atoms with Crippen molar-refractivity contribution in [2.24, 2.45) is 5.73 Å². The van der Waals surface area contributed by atoms with Gasteiger partial charge in [0.2, 0.25) is 0 Å². The van der Waals surface area contributed by atoms with Gasteiger partial charge in [-0.2, -0.15) is 0 Å². The Labute approximate surface area is 71.1 Å². The highest BCUT2D eigenvalue weighted by atomic mass is 32.1. The van der Waals surface area contributed by atoms with Crippen LogP contribution in [0.4, 0.5) is 0 Å². The number of nitrogens with zero attached hydrogens (tertiary/aromatic N) is 1. The lowest BCUT2D eigenvalue weighted by atomic mass is 10.5. The second kappa shape index (κ2) is 5.92. The maximum Gasteiger partial charge on any atom is 0.0962 e. The lowest BCUT2D eigenvalue weighted by Gasteiger charge is -1.69. The minimum Gasteiger partial charge on any atom is -0.403 e. The number of rotatable bonds is 0. The van der Waals surface area contributed by atoms with Gasteiger partial charge in [-0.3, -0.25) is 0 Å². The van der Waals surface area contributed by atoms with Crippen molar-refractivity contribution >= 4 is 23.6 Å². The van der Waals surface area contributed by atoms with Crippen molar-refractivity contribution in [3.05, 3.63) is 15.4 Å². The Hall–Kier alpha value is -0.830. The van der Waals surface area contributed by atoms with Crippen LogP contribution >= 0.6 is 11.3 Å². The Bertz CT molecular complexity index is 259. The molecular weight excluding hydrogens is 156 g/mol. The van der Waals surface area contributed by atoms with E-state index < -0.39 is 0 Å². The normalized spacial score (nSPS) is 12.6. The first-order valence-corrected chi connectivity index (χ1v) is 4.54. The van der Waals surface area contributed by atoms with E-state index in [0.29, 0.717) is 0 Å². The fourth-order valence-electron chi connectivity index (χ4n) is 0.605. The van der Waals surface area contributed by atoms with Gasteiger partial charge in [0.1, 0.15) is 0 Å². The fourth-order valence-corrected chi connectivity index (χ4v) is 1.26. The van der Waals surface area contributed by atoms with Gasteiger partial charge < -0.3 is 5.73 Å². The Kier molecular flexibility index (Phi) is 5.47. The molecule has 0 saturated heterocycles. The van der Waals surface area contributed by atoms with Crippen LogP contribution in [0.15, 0.2) is 5.51 Å². The number of aromatic nitrogens is 1. The lowest BCUT2D eigenvalue weighted by Crippen LogP contribution is -2.21. The Morgan fingerprint density at radius 3 is 2.55 bits per heavy atom. The predicted molar refractivity (Wildman–Crippen MR) is 51.5 cm³/mol. The van der Waals surface area contributed by atoms with Crippen molar-refractivity contribution in [3.63, 3.8) is 0 Å². The van der Waals surface area contributed by atoms with Gasteiger partial charge in [0.15, 0.2) is 0 Å². The van der Waals surface area contributed by atoms with E-state index >= 15 is 0 Å². The Balaban J connectivity index is 0.000000461. The minimum atomic E-state index is 0.877. The first kappa shape index (κ1) is 10.2. The van der Waals surface area contributed by atoms with Crippen LogP contribution in [0.3, 0.4) is 0 Å². The van der Waals surface area contributed by atoms with Crippen LogP contribution in [0, 0.1) is 0 Å². The van der Waals surface area contributed by atoms with Crippen molar-refractivity contribution in [2.45, 2.75) is 20.8 Å². The molecule has 0 saturated carbocycles. The molecule has 1 rings (SSSR count). The van der Waals surface area contributed by atoms with E-state index in [2.05, 4.69) is 4.98 Å². The molecule has 0 aromatic carbocycles. The molecule has 1 heterocycles. The van der Waals surface area contributed by atoms with Crippen LogP contribution in [-0.4, -0.2) is 4.98 Å². The molecule has 11 heavy (non-hydrogen) atoms. The van der Waals surface area contributed by atoms with E-state index in [1.807, 2.05) is 26.8 Å². The summed E-state index contributed by atoms with van der Waals surface area (Å²) in [7, 11) is 0. The smallest absolute Gasteiger partial charge is 0.0962 e. The quantitative estimate of drug-likeness (QED) is 0.621. The monoisotopic (exact) mass is 170 g/mol. The summed E-state index contributed by atoms with van der Waals surface area (Å²) in [6.07, 6.45) is 3.52. The molecule has 1 aromatic heterocycles. The molecule has 3 heteroatoms. The van der Waals surface area contributed by atoms with Gasteiger partial charge in [0, 0.05) is 6.20 Å². The zero-order chi connectivity index (χ0) is 8.69. The van der Waals surface area contributed by atoms with Gasteiger partial charge in [0.25, 0.3) is 0 Å². The Morgan fingerprint density at radius 2 is 2.18 bits per heavy atom. The van der Waals surface area contributed by atoms with Crippen LogP contribution in [0.5, 0.6) is 0 Å². The molecule has 0 atom stereocenters. The van der Waals surface area contributed by atoms with E-state index in [0.717, 1.165) is 9.88 Å². The van der Waals surface area contributed by atoms with Gasteiger partial charge in [-0.1, -0.05) is 19.9 Å². The first-order valence-electron chi connectivity index (χ1n) is 3.66. The molecule has 0 aliphatic heterocycles. The van der Waals surface area contributed by atoms with Crippen molar-refractivity contribution in [3.8, 4) is 0 Å². The molecule has 0 aliphatic carbocycles. The van der Waals surface area contributed by atoms with Gasteiger partial charge in [-0.15, -0.1) is 11.3 Å².